The summed E-state index contributed by atoms with van der Waals surface area (Å²) in [7, 11) is 5.09. The van der Waals surface area contributed by atoms with Crippen molar-refractivity contribution in [2.75, 3.05) is 21.1 Å². The van der Waals surface area contributed by atoms with E-state index in [2.05, 4.69) is 10.3 Å². The molecule has 0 saturated carbocycles. The van der Waals surface area contributed by atoms with Gasteiger partial charge in [-0.1, -0.05) is 51.7 Å². The van der Waals surface area contributed by atoms with E-state index in [9.17, 15) is 4.79 Å². The second-order valence-corrected chi connectivity index (χ2v) is 11.9. The standard InChI is InChI=1S/C10H15Cl3N4O2S3/c1-9(2)6(20-7(21-9)14-16(3)4)15-19-8(18)17(5)22-10(11,12)13/h1-5H3/b14-7+,15-6+. The van der Waals surface area contributed by atoms with E-state index in [0.717, 1.165) is 8.68 Å². The molecule has 1 amide bonds. The first-order chi connectivity index (χ1) is 9.90. The maximum Gasteiger partial charge on any atom is 0.445 e. The molecule has 0 radical (unpaired) electrons. The Morgan fingerprint density at radius 1 is 1.32 bits per heavy atom. The fourth-order valence-corrected chi connectivity index (χ4v) is 5.24. The molecule has 1 saturated heterocycles. The molecule has 1 rings (SSSR count). The van der Waals surface area contributed by atoms with E-state index in [1.54, 1.807) is 16.8 Å². The van der Waals surface area contributed by atoms with E-state index in [1.165, 1.54) is 18.8 Å². The van der Waals surface area contributed by atoms with Crippen molar-refractivity contribution in [3.63, 3.8) is 0 Å². The van der Waals surface area contributed by atoms with Crippen molar-refractivity contribution >= 4 is 85.8 Å². The number of hydrogen-bond donors (Lipinski definition) is 0. The van der Waals surface area contributed by atoms with Crippen molar-refractivity contribution in [1.82, 2.24) is 9.31 Å². The summed E-state index contributed by atoms with van der Waals surface area (Å²) in [5, 5.41) is 10.6. The first-order valence-electron chi connectivity index (χ1n) is 5.82. The summed E-state index contributed by atoms with van der Waals surface area (Å²) in [5.74, 6) is 0. The molecule has 126 valence electrons. The highest BCUT2D eigenvalue weighted by atomic mass is 35.6. The molecule has 22 heavy (non-hydrogen) atoms. The van der Waals surface area contributed by atoms with Crippen LogP contribution < -0.4 is 0 Å². The zero-order valence-corrected chi connectivity index (χ0v) is 17.2. The third-order valence-electron chi connectivity index (χ3n) is 2.03. The number of rotatable bonds is 3. The lowest BCUT2D eigenvalue weighted by molar-refractivity contribution is 0.137. The molecule has 0 spiro atoms. The van der Waals surface area contributed by atoms with Gasteiger partial charge in [0.2, 0.25) is 0 Å². The highest BCUT2D eigenvalue weighted by Gasteiger charge is 2.39. The van der Waals surface area contributed by atoms with Crippen molar-refractivity contribution in [2.45, 2.75) is 21.7 Å². The monoisotopic (exact) mass is 424 g/mol. The van der Waals surface area contributed by atoms with Gasteiger partial charge in [0.25, 0.3) is 3.12 Å². The molecule has 1 aliphatic rings. The molecule has 0 aromatic rings. The van der Waals surface area contributed by atoms with Gasteiger partial charge in [-0.05, 0) is 25.6 Å². The van der Waals surface area contributed by atoms with E-state index in [1.807, 2.05) is 27.9 Å². The predicted octanol–water partition coefficient (Wildman–Crippen LogP) is 4.44. The van der Waals surface area contributed by atoms with Gasteiger partial charge in [0.1, 0.15) is 5.04 Å². The smallest absolute Gasteiger partial charge is 0.302 e. The van der Waals surface area contributed by atoms with Crippen LogP contribution in [-0.4, -0.2) is 53.8 Å². The Hall–Kier alpha value is 0.330. The number of carbonyl (C=O) groups is 1. The summed E-state index contributed by atoms with van der Waals surface area (Å²) in [6.07, 6.45) is -0.733. The van der Waals surface area contributed by atoms with E-state index in [0.29, 0.717) is 17.0 Å². The van der Waals surface area contributed by atoms with Crippen LogP contribution in [-0.2, 0) is 4.84 Å². The van der Waals surface area contributed by atoms with Crippen molar-refractivity contribution < 1.29 is 9.63 Å². The average Bonchev–Trinajstić information content (AvgIpc) is 2.57. The molecule has 0 atom stereocenters. The maximum absolute atomic E-state index is 11.8. The lowest BCUT2D eigenvalue weighted by atomic mass is 10.2. The lowest BCUT2D eigenvalue weighted by Crippen LogP contribution is -2.25. The molecule has 0 N–H and O–H groups in total. The van der Waals surface area contributed by atoms with Gasteiger partial charge in [0, 0.05) is 33.1 Å². The summed E-state index contributed by atoms with van der Waals surface area (Å²) in [6.45, 7) is 3.94. The lowest BCUT2D eigenvalue weighted by Gasteiger charge is -2.18. The predicted molar refractivity (Wildman–Crippen MR) is 99.9 cm³/mol. The molecular weight excluding hydrogens is 411 g/mol. The van der Waals surface area contributed by atoms with E-state index in [4.69, 9.17) is 39.6 Å². The fourth-order valence-electron chi connectivity index (χ4n) is 1.15. The Bertz CT molecular complexity index is 494. The number of nitrogens with zero attached hydrogens (tertiary/aromatic N) is 4. The average molecular weight is 426 g/mol. The largest absolute Gasteiger partial charge is 0.445 e. The van der Waals surface area contributed by atoms with Crippen LogP contribution in [0.1, 0.15) is 13.8 Å². The first-order valence-corrected chi connectivity index (χ1v) is 9.36. The van der Waals surface area contributed by atoms with Gasteiger partial charge < -0.3 is 5.01 Å². The highest BCUT2D eigenvalue weighted by molar-refractivity contribution is 8.50. The number of alkyl halides is 3. The highest BCUT2D eigenvalue weighted by Crippen LogP contribution is 2.44. The topological polar surface area (TPSA) is 57.5 Å². The number of hydrazone groups is 1. The second kappa shape index (κ2) is 7.94. The molecule has 1 fully saturated rings. The Morgan fingerprint density at radius 2 is 1.91 bits per heavy atom. The number of halogens is 3. The molecule has 1 aliphatic heterocycles. The first kappa shape index (κ1) is 20.4. The molecule has 1 heterocycles. The van der Waals surface area contributed by atoms with Gasteiger partial charge in [-0.25, -0.2) is 9.10 Å². The van der Waals surface area contributed by atoms with Crippen LogP contribution in [0.3, 0.4) is 0 Å². The van der Waals surface area contributed by atoms with Crippen LogP contribution in [0, 0.1) is 0 Å². The van der Waals surface area contributed by atoms with Gasteiger partial charge in [-0.3, -0.25) is 4.84 Å². The van der Waals surface area contributed by atoms with Crippen molar-refractivity contribution in [2.24, 2.45) is 10.3 Å². The number of hydrogen-bond acceptors (Lipinski definition) is 8. The van der Waals surface area contributed by atoms with E-state index < -0.39 is 9.22 Å². The SMILES string of the molecule is CN(C)/N=C1\S/C(=N/OC(=O)N(C)SC(Cl)(Cl)Cl)C(C)(C)S1. The van der Waals surface area contributed by atoms with Gasteiger partial charge >= 0.3 is 6.09 Å². The molecule has 0 aromatic carbocycles. The minimum atomic E-state index is -1.65. The number of thioether (sulfide) groups is 2. The van der Waals surface area contributed by atoms with Crippen molar-refractivity contribution in [1.29, 1.82) is 0 Å². The summed E-state index contributed by atoms with van der Waals surface area (Å²) in [5.41, 5.74) is 0. The zero-order valence-electron chi connectivity index (χ0n) is 12.5. The van der Waals surface area contributed by atoms with Gasteiger partial charge in [0.05, 0.1) is 4.75 Å². The summed E-state index contributed by atoms with van der Waals surface area (Å²) < 4.78 is -0.0930. The molecular formula is C10H15Cl3N4O2S3. The Morgan fingerprint density at radius 3 is 2.41 bits per heavy atom. The quantitative estimate of drug-likeness (QED) is 0.288. The second-order valence-electron chi connectivity index (χ2n) is 4.72. The zero-order chi connectivity index (χ0) is 17.1. The van der Waals surface area contributed by atoms with Crippen LogP contribution in [0.2, 0.25) is 0 Å². The van der Waals surface area contributed by atoms with E-state index in [-0.39, 0.29) is 4.75 Å². The molecule has 0 bridgehead atoms. The van der Waals surface area contributed by atoms with Crippen LogP contribution >= 0.6 is 70.3 Å². The van der Waals surface area contributed by atoms with Gasteiger partial charge in [0.15, 0.2) is 4.38 Å². The maximum atomic E-state index is 11.8. The molecule has 0 aliphatic carbocycles. The minimum Gasteiger partial charge on any atom is -0.302 e. The number of carbonyl (C=O) groups excluding carboxylic acids is 1. The van der Waals surface area contributed by atoms with Gasteiger partial charge in [-0.15, -0.1) is 0 Å². The Kier molecular flexibility index (Phi) is 7.35. The van der Waals surface area contributed by atoms with Crippen LogP contribution in [0.5, 0.6) is 0 Å². The molecule has 0 unspecified atom stereocenters. The molecule has 12 heteroatoms. The summed E-state index contributed by atoms with van der Waals surface area (Å²) in [4.78, 5) is 16.7. The third-order valence-corrected chi connectivity index (χ3v) is 5.90. The van der Waals surface area contributed by atoms with Crippen molar-refractivity contribution in [3.05, 3.63) is 0 Å². The normalized spacial score (nSPS) is 21.3. The van der Waals surface area contributed by atoms with Crippen molar-refractivity contribution in [3.8, 4) is 0 Å². The number of amides is 1. The summed E-state index contributed by atoms with van der Waals surface area (Å²) in [6, 6.07) is 0. The van der Waals surface area contributed by atoms with Crippen LogP contribution in [0.4, 0.5) is 4.79 Å². The summed E-state index contributed by atoms with van der Waals surface area (Å²) >= 11 is 20.4. The van der Waals surface area contributed by atoms with Crippen LogP contribution in [0.15, 0.2) is 10.3 Å². The van der Waals surface area contributed by atoms with E-state index >= 15 is 0 Å². The third kappa shape index (κ3) is 6.84. The Labute approximate surface area is 157 Å². The Balaban J connectivity index is 2.71. The molecule has 6 nitrogen and oxygen atoms in total. The van der Waals surface area contributed by atoms with Gasteiger partial charge in [-0.2, -0.15) is 5.10 Å². The van der Waals surface area contributed by atoms with Crippen LogP contribution in [0.25, 0.3) is 0 Å². The minimum absolute atomic E-state index is 0.333. The number of oxime groups is 1. The fraction of sp³-hybridized carbons (Fsp3) is 0.700. The molecule has 0 aromatic heterocycles.